The van der Waals surface area contributed by atoms with E-state index in [1.807, 2.05) is 0 Å². The Bertz CT molecular complexity index is 142. The number of hydrogen-bond donors (Lipinski definition) is 1. The van der Waals surface area contributed by atoms with Gasteiger partial charge < -0.3 is 5.21 Å². The normalized spacial score (nSPS) is 28.1. The monoisotopic (exact) mass is 155 g/mol. The first-order valence-electron chi connectivity index (χ1n) is 4.59. The molecule has 1 fully saturated rings. The minimum atomic E-state index is 0.597. The summed E-state index contributed by atoms with van der Waals surface area (Å²) < 4.78 is 0. The van der Waals surface area contributed by atoms with Crippen LogP contribution in [0.15, 0.2) is 5.16 Å². The molecule has 0 heterocycles. The van der Waals surface area contributed by atoms with Crippen molar-refractivity contribution in [3.05, 3.63) is 0 Å². The van der Waals surface area contributed by atoms with Gasteiger partial charge in [-0.25, -0.2) is 0 Å². The highest BCUT2D eigenvalue weighted by Crippen LogP contribution is 2.26. The van der Waals surface area contributed by atoms with Crippen LogP contribution < -0.4 is 0 Å². The fourth-order valence-corrected chi connectivity index (χ4v) is 1.79. The van der Waals surface area contributed by atoms with E-state index in [-0.39, 0.29) is 0 Å². The standard InChI is InChI=1S/C9H17NO/c1-2-3-5-8-6-4-7-9(8)10-11/h8,11H,2-7H2,1H3/b10-9-. The van der Waals surface area contributed by atoms with E-state index in [0.717, 1.165) is 12.1 Å². The van der Waals surface area contributed by atoms with Crippen molar-refractivity contribution in [2.45, 2.75) is 45.4 Å². The number of oxime groups is 1. The van der Waals surface area contributed by atoms with Gasteiger partial charge in [-0.1, -0.05) is 24.9 Å². The number of hydrogen-bond acceptors (Lipinski definition) is 2. The zero-order valence-corrected chi connectivity index (χ0v) is 7.21. The Hall–Kier alpha value is -0.530. The van der Waals surface area contributed by atoms with Crippen molar-refractivity contribution in [1.29, 1.82) is 0 Å². The highest BCUT2D eigenvalue weighted by molar-refractivity contribution is 5.87. The molecule has 1 atom stereocenters. The lowest BCUT2D eigenvalue weighted by Gasteiger charge is -2.07. The van der Waals surface area contributed by atoms with Crippen LogP contribution in [0.4, 0.5) is 0 Å². The third-order valence-corrected chi connectivity index (χ3v) is 2.49. The van der Waals surface area contributed by atoms with Crippen LogP contribution in [-0.2, 0) is 0 Å². The number of nitrogens with zero attached hydrogens (tertiary/aromatic N) is 1. The van der Waals surface area contributed by atoms with Crippen molar-refractivity contribution in [3.63, 3.8) is 0 Å². The Labute approximate surface area is 68.3 Å². The van der Waals surface area contributed by atoms with E-state index in [1.165, 1.54) is 32.1 Å². The average molecular weight is 155 g/mol. The van der Waals surface area contributed by atoms with Gasteiger partial charge in [0, 0.05) is 5.92 Å². The first-order valence-corrected chi connectivity index (χ1v) is 4.59. The maximum absolute atomic E-state index is 8.62. The molecular formula is C9H17NO. The van der Waals surface area contributed by atoms with Crippen molar-refractivity contribution in [2.24, 2.45) is 11.1 Å². The fraction of sp³-hybridized carbons (Fsp3) is 0.889. The molecule has 0 aromatic carbocycles. The smallest absolute Gasteiger partial charge is 0.0601 e. The van der Waals surface area contributed by atoms with Crippen LogP contribution in [0.3, 0.4) is 0 Å². The molecule has 0 aromatic rings. The molecule has 2 nitrogen and oxygen atoms in total. The Balaban J connectivity index is 2.32. The molecule has 0 aromatic heterocycles. The predicted molar refractivity (Wildman–Crippen MR) is 46.1 cm³/mol. The van der Waals surface area contributed by atoms with E-state index >= 15 is 0 Å². The molecule has 1 unspecified atom stereocenters. The van der Waals surface area contributed by atoms with Crippen LogP contribution in [-0.4, -0.2) is 10.9 Å². The third kappa shape index (κ3) is 2.21. The lowest BCUT2D eigenvalue weighted by atomic mass is 9.99. The fourth-order valence-electron chi connectivity index (χ4n) is 1.79. The van der Waals surface area contributed by atoms with E-state index in [4.69, 9.17) is 5.21 Å². The maximum Gasteiger partial charge on any atom is 0.0601 e. The predicted octanol–water partition coefficient (Wildman–Crippen LogP) is 2.81. The largest absolute Gasteiger partial charge is 0.411 e. The van der Waals surface area contributed by atoms with Crippen LogP contribution in [0.5, 0.6) is 0 Å². The summed E-state index contributed by atoms with van der Waals surface area (Å²) in [5.74, 6) is 0.597. The zero-order valence-electron chi connectivity index (χ0n) is 7.21. The van der Waals surface area contributed by atoms with Gasteiger partial charge in [-0.2, -0.15) is 0 Å². The Morgan fingerprint density at radius 2 is 2.45 bits per heavy atom. The van der Waals surface area contributed by atoms with Crippen LogP contribution in [0.25, 0.3) is 0 Å². The molecular weight excluding hydrogens is 138 g/mol. The lowest BCUT2D eigenvalue weighted by molar-refractivity contribution is 0.314. The van der Waals surface area contributed by atoms with E-state index < -0.39 is 0 Å². The molecule has 0 spiro atoms. The maximum atomic E-state index is 8.62. The lowest BCUT2D eigenvalue weighted by Crippen LogP contribution is -2.06. The first kappa shape index (κ1) is 8.57. The molecule has 0 aliphatic heterocycles. The van der Waals surface area contributed by atoms with Crippen molar-refractivity contribution in [1.82, 2.24) is 0 Å². The molecule has 11 heavy (non-hydrogen) atoms. The van der Waals surface area contributed by atoms with Gasteiger partial charge in [0.25, 0.3) is 0 Å². The molecule has 0 amide bonds. The summed E-state index contributed by atoms with van der Waals surface area (Å²) in [7, 11) is 0. The van der Waals surface area contributed by atoms with Gasteiger partial charge in [0.1, 0.15) is 0 Å². The summed E-state index contributed by atoms with van der Waals surface area (Å²) in [6.07, 6.45) is 7.20. The van der Waals surface area contributed by atoms with E-state index in [0.29, 0.717) is 5.92 Å². The summed E-state index contributed by atoms with van der Waals surface area (Å²) in [5.41, 5.74) is 1.04. The van der Waals surface area contributed by atoms with Crippen LogP contribution in [0.2, 0.25) is 0 Å². The second-order valence-corrected chi connectivity index (χ2v) is 3.32. The summed E-state index contributed by atoms with van der Waals surface area (Å²) in [6.45, 7) is 2.20. The van der Waals surface area contributed by atoms with Crippen LogP contribution >= 0.6 is 0 Å². The molecule has 64 valence electrons. The van der Waals surface area contributed by atoms with Gasteiger partial charge in [-0.15, -0.1) is 0 Å². The number of rotatable bonds is 3. The van der Waals surface area contributed by atoms with Crippen molar-refractivity contribution >= 4 is 5.71 Å². The Morgan fingerprint density at radius 1 is 1.64 bits per heavy atom. The Kier molecular flexibility index (Phi) is 3.40. The van der Waals surface area contributed by atoms with E-state index in [1.54, 1.807) is 0 Å². The molecule has 0 bridgehead atoms. The summed E-state index contributed by atoms with van der Waals surface area (Å²) >= 11 is 0. The van der Waals surface area contributed by atoms with Gasteiger partial charge in [-0.05, 0) is 25.7 Å². The van der Waals surface area contributed by atoms with Gasteiger partial charge in [0.2, 0.25) is 0 Å². The minimum absolute atomic E-state index is 0.597. The summed E-state index contributed by atoms with van der Waals surface area (Å²) in [6, 6.07) is 0. The quantitative estimate of drug-likeness (QED) is 0.493. The molecule has 0 radical (unpaired) electrons. The minimum Gasteiger partial charge on any atom is -0.411 e. The molecule has 1 N–H and O–H groups in total. The second-order valence-electron chi connectivity index (χ2n) is 3.32. The Morgan fingerprint density at radius 3 is 3.09 bits per heavy atom. The van der Waals surface area contributed by atoms with Gasteiger partial charge in [0.15, 0.2) is 0 Å². The van der Waals surface area contributed by atoms with Gasteiger partial charge in [0.05, 0.1) is 5.71 Å². The van der Waals surface area contributed by atoms with Crippen LogP contribution in [0.1, 0.15) is 45.4 Å². The molecule has 1 aliphatic rings. The zero-order chi connectivity index (χ0) is 8.10. The van der Waals surface area contributed by atoms with E-state index in [2.05, 4.69) is 12.1 Å². The molecule has 1 saturated carbocycles. The third-order valence-electron chi connectivity index (χ3n) is 2.49. The number of unbranched alkanes of at least 4 members (excludes halogenated alkanes) is 1. The molecule has 1 aliphatic carbocycles. The van der Waals surface area contributed by atoms with Crippen LogP contribution in [0, 0.1) is 5.92 Å². The second kappa shape index (κ2) is 4.37. The average Bonchev–Trinajstić information content (AvgIpc) is 2.47. The van der Waals surface area contributed by atoms with Gasteiger partial charge >= 0.3 is 0 Å². The highest BCUT2D eigenvalue weighted by Gasteiger charge is 2.21. The summed E-state index contributed by atoms with van der Waals surface area (Å²) in [4.78, 5) is 0. The van der Waals surface area contributed by atoms with Crippen molar-refractivity contribution in [2.75, 3.05) is 0 Å². The molecule has 2 heteroatoms. The summed E-state index contributed by atoms with van der Waals surface area (Å²) in [5, 5.41) is 12.0. The van der Waals surface area contributed by atoms with Gasteiger partial charge in [-0.3, -0.25) is 0 Å². The van der Waals surface area contributed by atoms with Crippen molar-refractivity contribution in [3.8, 4) is 0 Å². The SMILES string of the molecule is CCCCC1CCC/C1=N/O. The highest BCUT2D eigenvalue weighted by atomic mass is 16.4. The molecule has 1 rings (SSSR count). The van der Waals surface area contributed by atoms with Crippen molar-refractivity contribution < 1.29 is 5.21 Å². The van der Waals surface area contributed by atoms with E-state index in [9.17, 15) is 0 Å². The topological polar surface area (TPSA) is 32.6 Å². The molecule has 0 saturated heterocycles. The first-order chi connectivity index (χ1) is 5.38.